The highest BCUT2D eigenvalue weighted by atomic mass is 16.5. The van der Waals surface area contributed by atoms with Crippen molar-refractivity contribution < 1.29 is 18.6 Å². The van der Waals surface area contributed by atoms with E-state index in [0.29, 0.717) is 0 Å². The monoisotopic (exact) mass is 453 g/mol. The summed E-state index contributed by atoms with van der Waals surface area (Å²) in [5.41, 5.74) is 4.18. The van der Waals surface area contributed by atoms with Gasteiger partial charge in [-0.05, 0) is 72.2 Å². The quantitative estimate of drug-likeness (QED) is 0.242. The van der Waals surface area contributed by atoms with Crippen molar-refractivity contribution in [3.05, 3.63) is 96.3 Å². The Labute approximate surface area is 201 Å². The van der Waals surface area contributed by atoms with Crippen LogP contribution in [0, 0.1) is 0 Å². The van der Waals surface area contributed by atoms with Gasteiger partial charge >= 0.3 is 11.5 Å². The van der Waals surface area contributed by atoms with Crippen LogP contribution in [0.1, 0.15) is 24.7 Å². The molecule has 0 spiro atoms. The molecule has 0 aliphatic heterocycles. The summed E-state index contributed by atoms with van der Waals surface area (Å²) in [6, 6.07) is 28.0. The second-order valence-corrected chi connectivity index (χ2v) is 7.82. The lowest BCUT2D eigenvalue weighted by Gasteiger charge is -2.04. The molecule has 0 radical (unpaired) electrons. The standard InChI is InChI=1S/C30H29O4/c1-4-19-33-28-12-5-22(6-13-28)7-14-29-20-25(23-8-15-26(31-2)16-9-23)21-30(34-29)24-10-17-27(32-3)18-11-24/h5-18,20-21H,4,19H2,1-3H3/q+1/b14-7+. The lowest BCUT2D eigenvalue weighted by atomic mass is 10.0. The molecule has 0 fully saturated rings. The van der Waals surface area contributed by atoms with E-state index in [2.05, 4.69) is 25.1 Å². The first-order valence-corrected chi connectivity index (χ1v) is 11.4. The van der Waals surface area contributed by atoms with E-state index in [1.807, 2.05) is 78.9 Å². The third-order valence-electron chi connectivity index (χ3n) is 5.40. The lowest BCUT2D eigenvalue weighted by Crippen LogP contribution is -1.94. The molecule has 0 saturated carbocycles. The van der Waals surface area contributed by atoms with E-state index in [4.69, 9.17) is 18.6 Å². The van der Waals surface area contributed by atoms with E-state index < -0.39 is 0 Å². The Morgan fingerprint density at radius 1 is 0.647 bits per heavy atom. The molecule has 4 heteroatoms. The minimum Gasteiger partial charge on any atom is -0.497 e. The molecule has 0 atom stereocenters. The van der Waals surface area contributed by atoms with Gasteiger partial charge in [-0.2, -0.15) is 0 Å². The van der Waals surface area contributed by atoms with Gasteiger partial charge in [-0.3, -0.25) is 0 Å². The minimum atomic E-state index is 0.723. The number of rotatable bonds is 9. The van der Waals surface area contributed by atoms with Crippen molar-refractivity contribution in [2.24, 2.45) is 0 Å². The number of methoxy groups -OCH3 is 2. The second kappa shape index (κ2) is 11.2. The molecular formula is C30H29O4+. The fourth-order valence-electron chi connectivity index (χ4n) is 3.53. The maximum Gasteiger partial charge on any atom is 0.361 e. The Morgan fingerprint density at radius 2 is 1.24 bits per heavy atom. The number of ether oxygens (including phenoxy) is 3. The van der Waals surface area contributed by atoms with Gasteiger partial charge in [-0.15, -0.1) is 0 Å². The number of hydrogen-bond donors (Lipinski definition) is 0. The largest absolute Gasteiger partial charge is 0.497 e. The highest BCUT2D eigenvalue weighted by molar-refractivity contribution is 5.75. The molecule has 4 nitrogen and oxygen atoms in total. The van der Waals surface area contributed by atoms with Gasteiger partial charge in [0.15, 0.2) is 0 Å². The van der Waals surface area contributed by atoms with Crippen LogP contribution >= 0.6 is 0 Å². The van der Waals surface area contributed by atoms with Gasteiger partial charge in [0, 0.05) is 11.6 Å². The topological polar surface area (TPSA) is 39.0 Å². The predicted molar refractivity (Wildman–Crippen MR) is 138 cm³/mol. The molecule has 0 N–H and O–H groups in total. The first-order chi connectivity index (χ1) is 16.7. The molecule has 4 aromatic rings. The van der Waals surface area contributed by atoms with Gasteiger partial charge in [0.1, 0.15) is 17.2 Å². The molecule has 1 aromatic heterocycles. The van der Waals surface area contributed by atoms with Crippen molar-refractivity contribution in [2.75, 3.05) is 20.8 Å². The highest BCUT2D eigenvalue weighted by Gasteiger charge is 2.18. The zero-order valence-electron chi connectivity index (χ0n) is 19.8. The Morgan fingerprint density at radius 3 is 1.82 bits per heavy atom. The fourth-order valence-corrected chi connectivity index (χ4v) is 3.53. The zero-order valence-corrected chi connectivity index (χ0v) is 19.8. The molecule has 3 aromatic carbocycles. The van der Waals surface area contributed by atoms with Crippen LogP contribution in [0.2, 0.25) is 0 Å². The van der Waals surface area contributed by atoms with Gasteiger partial charge in [-0.25, -0.2) is 4.42 Å². The smallest absolute Gasteiger partial charge is 0.361 e. The van der Waals surface area contributed by atoms with Crippen molar-refractivity contribution >= 4 is 12.2 Å². The van der Waals surface area contributed by atoms with E-state index >= 15 is 0 Å². The molecule has 0 aliphatic rings. The van der Waals surface area contributed by atoms with Crippen molar-refractivity contribution in [3.8, 4) is 39.7 Å². The molecule has 172 valence electrons. The molecule has 0 aliphatic carbocycles. The second-order valence-electron chi connectivity index (χ2n) is 7.82. The van der Waals surface area contributed by atoms with Gasteiger partial charge in [0.2, 0.25) is 0 Å². The van der Waals surface area contributed by atoms with E-state index in [1.54, 1.807) is 14.2 Å². The fraction of sp³-hybridized carbons (Fsp3) is 0.167. The SMILES string of the molecule is CCCOc1ccc(/C=C/c2cc(-c3ccc(OC)cc3)cc(-c3ccc(OC)cc3)[o+]2)cc1. The van der Waals surface area contributed by atoms with Crippen LogP contribution in [0.5, 0.6) is 17.2 Å². The van der Waals surface area contributed by atoms with Crippen molar-refractivity contribution in [2.45, 2.75) is 13.3 Å². The van der Waals surface area contributed by atoms with Crippen LogP contribution in [0.15, 0.2) is 89.3 Å². The first-order valence-electron chi connectivity index (χ1n) is 11.4. The summed E-state index contributed by atoms with van der Waals surface area (Å²) in [6.45, 7) is 2.82. The third-order valence-corrected chi connectivity index (χ3v) is 5.40. The van der Waals surface area contributed by atoms with Crippen LogP contribution in [-0.4, -0.2) is 20.8 Å². The average Bonchev–Trinajstić information content (AvgIpc) is 2.91. The first kappa shape index (κ1) is 23.1. The van der Waals surface area contributed by atoms with Gasteiger partial charge in [0.25, 0.3) is 0 Å². The van der Waals surface area contributed by atoms with Gasteiger partial charge in [0.05, 0.1) is 38.5 Å². The molecular weight excluding hydrogens is 424 g/mol. The van der Waals surface area contributed by atoms with Crippen LogP contribution in [-0.2, 0) is 0 Å². The summed E-state index contributed by atoms with van der Waals surface area (Å²) in [5.74, 6) is 4.05. The van der Waals surface area contributed by atoms with Gasteiger partial charge in [-0.1, -0.05) is 31.2 Å². The van der Waals surface area contributed by atoms with Crippen molar-refractivity contribution in [3.63, 3.8) is 0 Å². The number of benzene rings is 3. The van der Waals surface area contributed by atoms with E-state index in [0.717, 1.165) is 64.1 Å². The molecule has 0 saturated heterocycles. The lowest BCUT2D eigenvalue weighted by molar-refractivity contribution is 0.317. The molecule has 1 heterocycles. The Balaban J connectivity index is 1.67. The van der Waals surface area contributed by atoms with Crippen LogP contribution in [0.3, 0.4) is 0 Å². The Bertz CT molecular complexity index is 1160. The summed E-state index contributed by atoms with van der Waals surface area (Å²) in [5, 5.41) is 0. The van der Waals surface area contributed by atoms with Gasteiger partial charge < -0.3 is 14.2 Å². The van der Waals surface area contributed by atoms with Crippen LogP contribution in [0.25, 0.3) is 34.6 Å². The number of hydrogen-bond acceptors (Lipinski definition) is 3. The van der Waals surface area contributed by atoms with E-state index in [1.165, 1.54) is 0 Å². The molecule has 4 rings (SSSR count). The summed E-state index contributed by atoms with van der Waals surface area (Å²) in [7, 11) is 3.33. The normalized spacial score (nSPS) is 10.9. The van der Waals surface area contributed by atoms with E-state index in [9.17, 15) is 0 Å². The Kier molecular flexibility index (Phi) is 7.61. The highest BCUT2D eigenvalue weighted by Crippen LogP contribution is 2.31. The van der Waals surface area contributed by atoms with Crippen molar-refractivity contribution in [1.29, 1.82) is 0 Å². The molecule has 0 bridgehead atoms. The molecule has 0 amide bonds. The molecule has 34 heavy (non-hydrogen) atoms. The maximum absolute atomic E-state index is 6.27. The van der Waals surface area contributed by atoms with Crippen molar-refractivity contribution in [1.82, 2.24) is 0 Å². The Hall–Kier alpha value is -4.05. The third kappa shape index (κ3) is 5.84. The predicted octanol–water partition coefficient (Wildman–Crippen LogP) is 7.87. The average molecular weight is 454 g/mol. The summed E-state index contributed by atoms with van der Waals surface area (Å²) >= 11 is 0. The van der Waals surface area contributed by atoms with E-state index in [-0.39, 0.29) is 0 Å². The summed E-state index contributed by atoms with van der Waals surface area (Å²) in [4.78, 5) is 0. The summed E-state index contributed by atoms with van der Waals surface area (Å²) < 4.78 is 22.5. The summed E-state index contributed by atoms with van der Waals surface area (Å²) in [6.07, 6.45) is 5.02. The maximum atomic E-state index is 6.27. The minimum absolute atomic E-state index is 0.723. The van der Waals surface area contributed by atoms with Crippen LogP contribution < -0.4 is 14.2 Å². The molecule has 0 unspecified atom stereocenters. The zero-order chi connectivity index (χ0) is 23.8. The van der Waals surface area contributed by atoms with Crippen LogP contribution in [0.4, 0.5) is 0 Å².